The van der Waals surface area contributed by atoms with Crippen molar-refractivity contribution in [1.82, 2.24) is 0 Å². The summed E-state index contributed by atoms with van der Waals surface area (Å²) >= 11 is 0. The molecule has 0 unspecified atom stereocenters. The fourth-order valence-corrected chi connectivity index (χ4v) is 6.82. The van der Waals surface area contributed by atoms with E-state index in [-0.39, 0.29) is 0 Å². The van der Waals surface area contributed by atoms with Crippen molar-refractivity contribution >= 4 is 47.1 Å². The molecular formula is C56H61N3O6. The van der Waals surface area contributed by atoms with Crippen molar-refractivity contribution in [3.05, 3.63) is 168 Å². The van der Waals surface area contributed by atoms with Crippen LogP contribution in [0.4, 0.5) is 22.7 Å². The van der Waals surface area contributed by atoms with Crippen LogP contribution in [0.5, 0.6) is 23.0 Å². The van der Waals surface area contributed by atoms with Gasteiger partial charge in [0.2, 0.25) is 0 Å². The number of hydrogen-bond donors (Lipinski definition) is 1. The van der Waals surface area contributed by atoms with E-state index in [2.05, 4.69) is 29.1 Å². The molecule has 0 aliphatic rings. The van der Waals surface area contributed by atoms with Gasteiger partial charge >= 0.3 is 11.9 Å². The highest BCUT2D eigenvalue weighted by atomic mass is 16.5. The third-order valence-electron chi connectivity index (χ3n) is 10.6. The lowest BCUT2D eigenvalue weighted by Gasteiger charge is -2.08. The number of unbranched alkanes of at least 4 members (excludes halogenated alkanes) is 10. The Balaban J connectivity index is 0.885. The Morgan fingerprint density at radius 2 is 0.754 bits per heavy atom. The maximum Gasteiger partial charge on any atom is 0.343 e. The fraction of sp³-hybridized carbons (Fsp3) is 0.286. The van der Waals surface area contributed by atoms with Crippen molar-refractivity contribution in [3.8, 4) is 23.0 Å². The molecule has 6 aromatic carbocycles. The van der Waals surface area contributed by atoms with Gasteiger partial charge in [-0.1, -0.05) is 78.1 Å². The second kappa shape index (κ2) is 26.6. The second-order valence-electron chi connectivity index (χ2n) is 15.9. The van der Waals surface area contributed by atoms with Gasteiger partial charge in [0.15, 0.2) is 0 Å². The van der Waals surface area contributed by atoms with Crippen molar-refractivity contribution in [1.29, 1.82) is 0 Å². The molecule has 0 aliphatic heterocycles. The average Bonchev–Trinajstić information content (AvgIpc) is 3.34. The predicted octanol–water partition coefficient (Wildman–Crippen LogP) is 14.8. The smallest absolute Gasteiger partial charge is 0.343 e. The summed E-state index contributed by atoms with van der Waals surface area (Å²) in [6.45, 7) is 5.80. The van der Waals surface area contributed by atoms with E-state index in [0.29, 0.717) is 35.8 Å². The molecule has 6 rings (SSSR count). The van der Waals surface area contributed by atoms with E-state index in [4.69, 9.17) is 18.9 Å². The van der Waals surface area contributed by atoms with E-state index in [1.54, 1.807) is 61.0 Å². The molecule has 9 nitrogen and oxygen atoms in total. The van der Waals surface area contributed by atoms with Crippen molar-refractivity contribution in [2.24, 2.45) is 9.98 Å². The van der Waals surface area contributed by atoms with Crippen molar-refractivity contribution < 1.29 is 28.5 Å². The molecule has 0 fully saturated rings. The molecule has 0 radical (unpaired) electrons. The monoisotopic (exact) mass is 871 g/mol. The summed E-state index contributed by atoms with van der Waals surface area (Å²) in [4.78, 5) is 34.7. The number of carbonyl (C=O) groups is 2. The van der Waals surface area contributed by atoms with Crippen LogP contribution >= 0.6 is 0 Å². The molecule has 0 saturated heterocycles. The number of nitrogens with zero attached hydrogens (tertiary/aromatic N) is 2. The topological polar surface area (TPSA) is 108 Å². The Labute approximate surface area is 384 Å². The van der Waals surface area contributed by atoms with Crippen LogP contribution in [0.25, 0.3) is 0 Å². The van der Waals surface area contributed by atoms with Crippen LogP contribution in [0.15, 0.2) is 156 Å². The Bertz CT molecular complexity index is 2210. The number of anilines is 2. The first-order valence-corrected chi connectivity index (χ1v) is 23.1. The minimum Gasteiger partial charge on any atom is -0.494 e. The summed E-state index contributed by atoms with van der Waals surface area (Å²) < 4.78 is 22.8. The number of rotatable bonds is 26. The van der Waals surface area contributed by atoms with Crippen LogP contribution in [0.2, 0.25) is 0 Å². The molecule has 65 heavy (non-hydrogen) atoms. The van der Waals surface area contributed by atoms with E-state index < -0.39 is 11.9 Å². The summed E-state index contributed by atoms with van der Waals surface area (Å²) in [7, 11) is 0. The summed E-state index contributed by atoms with van der Waals surface area (Å²) in [6, 6.07) is 44.3. The van der Waals surface area contributed by atoms with Crippen molar-refractivity contribution in [2.45, 2.75) is 90.9 Å². The number of esters is 2. The number of carbonyl (C=O) groups excluding carboxylic acids is 2. The molecule has 0 aliphatic carbocycles. The van der Waals surface area contributed by atoms with Gasteiger partial charge in [-0.05, 0) is 170 Å². The molecule has 0 spiro atoms. The van der Waals surface area contributed by atoms with Gasteiger partial charge in [0.25, 0.3) is 0 Å². The first kappa shape index (κ1) is 47.5. The number of ether oxygens (including phenoxy) is 4. The highest BCUT2D eigenvalue weighted by Gasteiger charge is 2.11. The average molecular weight is 872 g/mol. The zero-order valence-electron chi connectivity index (χ0n) is 37.8. The molecular weight excluding hydrogens is 811 g/mol. The summed E-state index contributed by atoms with van der Waals surface area (Å²) in [5.41, 5.74) is 6.13. The van der Waals surface area contributed by atoms with E-state index in [0.717, 1.165) is 58.2 Å². The minimum atomic E-state index is -0.421. The molecule has 0 bridgehead atoms. The Morgan fingerprint density at radius 1 is 0.415 bits per heavy atom. The van der Waals surface area contributed by atoms with Crippen LogP contribution in [0.3, 0.4) is 0 Å². The number of hydrogen-bond acceptors (Lipinski definition) is 9. The van der Waals surface area contributed by atoms with Gasteiger partial charge in [-0.15, -0.1) is 0 Å². The fourth-order valence-electron chi connectivity index (χ4n) is 6.82. The van der Waals surface area contributed by atoms with Gasteiger partial charge in [0.05, 0.1) is 35.7 Å². The molecule has 0 heterocycles. The SMILES string of the molecule is CCCCCCCCOc1ccc(C(=O)Oc2ccc(C=Nc3ccc(Nc4ccc(N=Cc5ccc(OC(=O)c6ccc(OCCCCCCCC)cc6)cc5)cc4)cc3)cc2)cc1. The van der Waals surface area contributed by atoms with Crippen LogP contribution in [0, 0.1) is 0 Å². The van der Waals surface area contributed by atoms with E-state index >= 15 is 0 Å². The predicted molar refractivity (Wildman–Crippen MR) is 264 cm³/mol. The van der Waals surface area contributed by atoms with Crippen LogP contribution in [-0.4, -0.2) is 37.6 Å². The standard InChI is InChI=1S/C56H61N3O6/c1-3-5-7-9-11-13-39-62-51-35-19-45(20-36-51)55(60)64-53-31-15-43(16-32-53)41-57-47-23-27-49(28-24-47)59-50-29-25-48(26-30-50)58-42-44-17-33-54(34-18-44)65-56(61)46-21-37-52(38-22-46)63-40-14-12-10-8-6-4-2/h15-38,41-42,59H,3-14,39-40H2,1-2H3. The molecule has 1 N–H and O–H groups in total. The van der Waals surface area contributed by atoms with Gasteiger partial charge in [-0.3, -0.25) is 9.98 Å². The van der Waals surface area contributed by atoms with E-state index in [1.165, 1.54) is 64.2 Å². The number of aliphatic imine (C=N–C) groups is 2. The quantitative estimate of drug-likeness (QED) is 0.0250. The largest absolute Gasteiger partial charge is 0.494 e. The Morgan fingerprint density at radius 3 is 1.12 bits per heavy atom. The lowest BCUT2D eigenvalue weighted by molar-refractivity contribution is 0.0725. The molecule has 0 atom stereocenters. The van der Waals surface area contributed by atoms with E-state index in [1.807, 2.05) is 97.1 Å². The van der Waals surface area contributed by atoms with Crippen LogP contribution in [-0.2, 0) is 0 Å². The van der Waals surface area contributed by atoms with Gasteiger partial charge in [0.1, 0.15) is 23.0 Å². The first-order chi connectivity index (χ1) is 31.9. The minimum absolute atomic E-state index is 0.421. The highest BCUT2D eigenvalue weighted by Crippen LogP contribution is 2.24. The van der Waals surface area contributed by atoms with Crippen molar-refractivity contribution in [2.75, 3.05) is 18.5 Å². The van der Waals surface area contributed by atoms with Gasteiger partial charge in [-0.25, -0.2) is 9.59 Å². The Kier molecular flexibility index (Phi) is 19.4. The maximum absolute atomic E-state index is 12.7. The maximum atomic E-state index is 12.7. The summed E-state index contributed by atoms with van der Waals surface area (Å²) in [6.07, 6.45) is 18.1. The zero-order chi connectivity index (χ0) is 45.3. The van der Waals surface area contributed by atoms with E-state index in [9.17, 15) is 9.59 Å². The molecule has 9 heteroatoms. The number of nitrogens with one attached hydrogen (secondary N) is 1. The van der Waals surface area contributed by atoms with Gasteiger partial charge in [0, 0.05) is 23.8 Å². The number of benzene rings is 6. The highest BCUT2D eigenvalue weighted by molar-refractivity contribution is 5.92. The first-order valence-electron chi connectivity index (χ1n) is 23.1. The molecule has 0 aromatic heterocycles. The molecule has 0 amide bonds. The van der Waals surface area contributed by atoms with Gasteiger partial charge < -0.3 is 24.3 Å². The van der Waals surface area contributed by atoms with Crippen LogP contribution < -0.4 is 24.3 Å². The lowest BCUT2D eigenvalue weighted by Crippen LogP contribution is -2.08. The zero-order valence-corrected chi connectivity index (χ0v) is 37.8. The molecule has 336 valence electrons. The Hall–Kier alpha value is -7.00. The molecule has 0 saturated carbocycles. The van der Waals surface area contributed by atoms with Crippen molar-refractivity contribution in [3.63, 3.8) is 0 Å². The third kappa shape index (κ3) is 16.9. The normalized spacial score (nSPS) is 11.2. The van der Waals surface area contributed by atoms with Crippen LogP contribution in [0.1, 0.15) is 123 Å². The lowest BCUT2D eigenvalue weighted by atomic mass is 10.1. The second-order valence-corrected chi connectivity index (χ2v) is 15.9. The van der Waals surface area contributed by atoms with Gasteiger partial charge in [-0.2, -0.15) is 0 Å². The summed E-state index contributed by atoms with van der Waals surface area (Å²) in [5, 5.41) is 3.41. The molecule has 6 aromatic rings. The summed E-state index contributed by atoms with van der Waals surface area (Å²) in [5.74, 6) is 1.58. The third-order valence-corrected chi connectivity index (χ3v) is 10.6.